The Morgan fingerprint density at radius 1 is 1.36 bits per heavy atom. The lowest BCUT2D eigenvalue weighted by Crippen LogP contribution is -2.41. The molecule has 1 heterocycles. The van der Waals surface area contributed by atoms with Gasteiger partial charge in [0, 0.05) is 0 Å². The molecule has 0 saturated heterocycles. The third-order valence-electron chi connectivity index (χ3n) is 3.24. The van der Waals surface area contributed by atoms with Gasteiger partial charge in [0.25, 0.3) is 5.91 Å². The van der Waals surface area contributed by atoms with Gasteiger partial charge in [0.05, 0.1) is 18.0 Å². The third kappa shape index (κ3) is 4.14. The SMILES string of the molecule is CCOC(=O)N/N=C(\C1C(=O)N(c2ccccc2)N=C1C)C(F)(F)F. The Bertz CT molecular complexity index is 716. The largest absolute Gasteiger partial charge is 0.449 e. The van der Waals surface area contributed by atoms with Crippen LogP contribution in [0.1, 0.15) is 13.8 Å². The van der Waals surface area contributed by atoms with Gasteiger partial charge in [0.1, 0.15) is 5.92 Å². The maximum atomic E-state index is 13.3. The van der Waals surface area contributed by atoms with E-state index in [1.807, 2.05) is 0 Å². The molecule has 1 N–H and O–H groups in total. The number of para-hydroxylation sites is 1. The van der Waals surface area contributed by atoms with E-state index >= 15 is 0 Å². The number of amides is 2. The quantitative estimate of drug-likeness (QED) is 0.665. The molecule has 0 aliphatic carbocycles. The Labute approximate surface area is 141 Å². The lowest BCUT2D eigenvalue weighted by molar-refractivity contribution is -0.119. The summed E-state index contributed by atoms with van der Waals surface area (Å²) >= 11 is 0. The van der Waals surface area contributed by atoms with Crippen molar-refractivity contribution in [2.75, 3.05) is 11.6 Å². The highest BCUT2D eigenvalue weighted by Crippen LogP contribution is 2.30. The molecule has 1 aliphatic rings. The predicted molar refractivity (Wildman–Crippen MR) is 84.2 cm³/mol. The number of halogens is 3. The third-order valence-corrected chi connectivity index (χ3v) is 3.24. The molecule has 134 valence electrons. The van der Waals surface area contributed by atoms with Crippen molar-refractivity contribution in [1.82, 2.24) is 5.43 Å². The Hall–Kier alpha value is -2.91. The van der Waals surface area contributed by atoms with Gasteiger partial charge in [-0.25, -0.2) is 10.2 Å². The second-order valence-electron chi connectivity index (χ2n) is 4.99. The molecule has 2 rings (SSSR count). The summed E-state index contributed by atoms with van der Waals surface area (Å²) in [5.74, 6) is -2.66. The average Bonchev–Trinajstić information content (AvgIpc) is 2.83. The van der Waals surface area contributed by atoms with Crippen LogP contribution in [0, 0.1) is 5.92 Å². The molecule has 25 heavy (non-hydrogen) atoms. The smallest absolute Gasteiger partial charge is 0.432 e. The highest BCUT2D eigenvalue weighted by atomic mass is 19.4. The van der Waals surface area contributed by atoms with Crippen molar-refractivity contribution < 1.29 is 27.5 Å². The molecule has 0 aromatic heterocycles. The van der Waals surface area contributed by atoms with E-state index in [4.69, 9.17) is 0 Å². The van der Waals surface area contributed by atoms with Crippen molar-refractivity contribution in [2.45, 2.75) is 20.0 Å². The van der Waals surface area contributed by atoms with Gasteiger partial charge in [-0.2, -0.15) is 28.4 Å². The minimum absolute atomic E-state index is 0.0344. The second-order valence-corrected chi connectivity index (χ2v) is 4.99. The fraction of sp³-hybridized carbons (Fsp3) is 0.333. The van der Waals surface area contributed by atoms with Crippen molar-refractivity contribution in [2.24, 2.45) is 16.1 Å². The summed E-state index contributed by atoms with van der Waals surface area (Å²) in [5.41, 5.74) is 0.417. The first-order valence-electron chi connectivity index (χ1n) is 7.27. The molecule has 1 unspecified atom stereocenters. The summed E-state index contributed by atoms with van der Waals surface area (Å²) in [6.07, 6.45) is -6.09. The van der Waals surface area contributed by atoms with E-state index in [1.165, 1.54) is 13.8 Å². The molecule has 0 radical (unpaired) electrons. The number of hydrogen-bond acceptors (Lipinski definition) is 5. The Kier molecular flexibility index (Phi) is 5.40. The first-order valence-corrected chi connectivity index (χ1v) is 7.27. The lowest BCUT2D eigenvalue weighted by Gasteiger charge is -2.17. The molecule has 0 bridgehead atoms. The standard InChI is InChI=1S/C15H15F3N4O3/c1-3-25-14(24)20-19-12(15(16,17)18)11-9(2)21-22(13(11)23)10-7-5-4-6-8-10/h4-8,11H,3H2,1-2H3,(H,20,24)/b19-12+. The minimum atomic E-state index is -4.94. The van der Waals surface area contributed by atoms with E-state index in [9.17, 15) is 22.8 Å². The lowest BCUT2D eigenvalue weighted by atomic mass is 9.98. The monoisotopic (exact) mass is 356 g/mol. The van der Waals surface area contributed by atoms with E-state index in [0.717, 1.165) is 5.01 Å². The van der Waals surface area contributed by atoms with E-state index in [1.54, 1.807) is 35.8 Å². The van der Waals surface area contributed by atoms with Crippen molar-refractivity contribution >= 4 is 29.1 Å². The van der Waals surface area contributed by atoms with Gasteiger partial charge >= 0.3 is 12.3 Å². The van der Waals surface area contributed by atoms with Crippen LogP contribution in [0.15, 0.2) is 40.5 Å². The van der Waals surface area contributed by atoms with Gasteiger partial charge in [-0.3, -0.25) is 4.79 Å². The normalized spacial score (nSPS) is 18.2. The van der Waals surface area contributed by atoms with Gasteiger partial charge in [-0.1, -0.05) is 18.2 Å². The number of hydrogen-bond donors (Lipinski definition) is 1. The Morgan fingerprint density at radius 3 is 2.56 bits per heavy atom. The first kappa shape index (κ1) is 18.4. The van der Waals surface area contributed by atoms with Crippen molar-refractivity contribution in [3.8, 4) is 0 Å². The number of nitrogens with one attached hydrogen (secondary N) is 1. The molecule has 0 saturated carbocycles. The number of nitrogens with zero attached hydrogens (tertiary/aromatic N) is 3. The fourth-order valence-corrected chi connectivity index (χ4v) is 2.20. The summed E-state index contributed by atoms with van der Waals surface area (Å²) in [4.78, 5) is 23.7. The molecular weight excluding hydrogens is 341 g/mol. The molecule has 1 atom stereocenters. The number of rotatable bonds is 4. The second kappa shape index (κ2) is 7.32. The molecule has 0 fully saturated rings. The number of hydrazone groups is 2. The van der Waals surface area contributed by atoms with Gasteiger partial charge < -0.3 is 4.74 Å². The Morgan fingerprint density at radius 2 is 2.00 bits per heavy atom. The molecule has 1 aromatic rings. The van der Waals surface area contributed by atoms with Gasteiger partial charge in [-0.15, -0.1) is 0 Å². The number of benzene rings is 1. The van der Waals surface area contributed by atoms with Crippen LogP contribution in [-0.2, 0) is 9.53 Å². The van der Waals surface area contributed by atoms with E-state index in [2.05, 4.69) is 14.9 Å². The van der Waals surface area contributed by atoms with Crippen LogP contribution in [0.5, 0.6) is 0 Å². The minimum Gasteiger partial charge on any atom is -0.449 e. The molecule has 1 aliphatic heterocycles. The maximum Gasteiger partial charge on any atom is 0.432 e. The molecule has 0 spiro atoms. The van der Waals surface area contributed by atoms with Crippen molar-refractivity contribution in [3.05, 3.63) is 30.3 Å². The van der Waals surface area contributed by atoms with Gasteiger partial charge in [-0.05, 0) is 26.0 Å². The van der Waals surface area contributed by atoms with Crippen molar-refractivity contribution in [3.63, 3.8) is 0 Å². The highest BCUT2D eigenvalue weighted by molar-refractivity contribution is 6.29. The molecule has 10 heteroatoms. The average molecular weight is 356 g/mol. The number of alkyl halides is 3. The summed E-state index contributed by atoms with van der Waals surface area (Å²) < 4.78 is 44.5. The van der Waals surface area contributed by atoms with E-state index in [-0.39, 0.29) is 12.3 Å². The fourth-order valence-electron chi connectivity index (χ4n) is 2.20. The zero-order valence-electron chi connectivity index (χ0n) is 13.4. The Balaban J connectivity index is 2.32. The number of anilines is 1. The summed E-state index contributed by atoms with van der Waals surface area (Å²) in [6, 6.07) is 8.03. The van der Waals surface area contributed by atoms with Crippen molar-refractivity contribution in [1.29, 1.82) is 0 Å². The number of carbonyl (C=O) groups is 2. The summed E-state index contributed by atoms with van der Waals surface area (Å²) in [6.45, 7) is 2.74. The van der Waals surface area contributed by atoms with Crippen LogP contribution in [0.3, 0.4) is 0 Å². The predicted octanol–water partition coefficient (Wildman–Crippen LogP) is 2.69. The van der Waals surface area contributed by atoms with Crippen LogP contribution in [0.25, 0.3) is 0 Å². The van der Waals surface area contributed by atoms with E-state index < -0.39 is 29.8 Å². The topological polar surface area (TPSA) is 83.4 Å². The van der Waals surface area contributed by atoms with E-state index in [0.29, 0.717) is 5.69 Å². The molecule has 7 nitrogen and oxygen atoms in total. The number of ether oxygens (including phenoxy) is 1. The van der Waals surface area contributed by atoms with Crippen LogP contribution in [0.4, 0.5) is 23.7 Å². The number of carbonyl (C=O) groups excluding carboxylic acids is 2. The van der Waals surface area contributed by atoms with Crippen LogP contribution >= 0.6 is 0 Å². The maximum absolute atomic E-state index is 13.3. The zero-order valence-corrected chi connectivity index (χ0v) is 13.4. The first-order chi connectivity index (χ1) is 11.8. The highest BCUT2D eigenvalue weighted by Gasteiger charge is 2.49. The molecule has 1 aromatic carbocycles. The van der Waals surface area contributed by atoms with Crippen LogP contribution in [0.2, 0.25) is 0 Å². The van der Waals surface area contributed by atoms with Crippen LogP contribution in [-0.4, -0.2) is 36.2 Å². The molecular formula is C15H15F3N4O3. The molecule has 2 amide bonds. The van der Waals surface area contributed by atoms with Gasteiger partial charge in [0.2, 0.25) is 0 Å². The summed E-state index contributed by atoms with van der Waals surface area (Å²) in [5, 5.41) is 7.84. The summed E-state index contributed by atoms with van der Waals surface area (Å²) in [7, 11) is 0. The van der Waals surface area contributed by atoms with Gasteiger partial charge in [0.15, 0.2) is 5.71 Å². The van der Waals surface area contributed by atoms with Crippen LogP contribution < -0.4 is 10.4 Å². The zero-order chi connectivity index (χ0) is 18.6.